The molecule has 0 bridgehead atoms. The average molecular weight is 225 g/mol. The second-order valence-corrected chi connectivity index (χ2v) is 4.75. The van der Waals surface area contributed by atoms with Crippen LogP contribution < -0.4 is 5.32 Å². The molecule has 1 amide bonds. The molecule has 0 aliphatic carbocycles. The normalized spacial score (nSPS) is 11.3. The fraction of sp³-hybridized carbons (Fsp3) is 0.636. The number of nitrogens with zero attached hydrogens (tertiary/aromatic N) is 1. The number of carbonyl (C=O) groups excluding carboxylic acids is 1. The molecule has 1 heterocycles. The van der Waals surface area contributed by atoms with Gasteiger partial charge >= 0.3 is 6.09 Å². The summed E-state index contributed by atoms with van der Waals surface area (Å²) < 4.78 is 5.10. The molecule has 0 radical (unpaired) electrons. The molecular formula is C11H19N3O2. The van der Waals surface area contributed by atoms with E-state index in [1.807, 2.05) is 34.6 Å². The van der Waals surface area contributed by atoms with E-state index in [0.717, 1.165) is 17.2 Å². The first kappa shape index (κ1) is 12.5. The van der Waals surface area contributed by atoms with Gasteiger partial charge in [0.15, 0.2) is 0 Å². The summed E-state index contributed by atoms with van der Waals surface area (Å²) in [6.45, 7) is 9.70. The zero-order chi connectivity index (χ0) is 12.3. The van der Waals surface area contributed by atoms with E-state index in [0.29, 0.717) is 6.54 Å². The maximum Gasteiger partial charge on any atom is 0.408 e. The van der Waals surface area contributed by atoms with Gasteiger partial charge in [-0.15, -0.1) is 0 Å². The van der Waals surface area contributed by atoms with Gasteiger partial charge in [-0.05, 0) is 34.6 Å². The fourth-order valence-electron chi connectivity index (χ4n) is 1.17. The Bertz CT molecular complexity index is 358. The first-order chi connectivity index (χ1) is 7.28. The predicted octanol–water partition coefficient (Wildman–Crippen LogP) is 2.05. The molecule has 0 spiro atoms. The van der Waals surface area contributed by atoms with Crippen molar-refractivity contribution in [2.75, 3.05) is 0 Å². The SMILES string of the molecule is Cc1nc(CNC(=O)OC(C)(C)C)[nH]c1C. The van der Waals surface area contributed by atoms with E-state index in [2.05, 4.69) is 15.3 Å². The number of carbonyl (C=O) groups is 1. The van der Waals surface area contributed by atoms with Crippen molar-refractivity contribution in [1.29, 1.82) is 0 Å². The highest BCUT2D eigenvalue weighted by Crippen LogP contribution is 2.07. The minimum atomic E-state index is -0.473. The van der Waals surface area contributed by atoms with Crippen LogP contribution in [0.4, 0.5) is 4.79 Å². The van der Waals surface area contributed by atoms with Gasteiger partial charge in [0.05, 0.1) is 12.2 Å². The summed E-state index contributed by atoms with van der Waals surface area (Å²) in [5.74, 6) is 0.737. The number of imidazole rings is 1. The minimum Gasteiger partial charge on any atom is -0.444 e. The van der Waals surface area contributed by atoms with E-state index in [1.54, 1.807) is 0 Å². The topological polar surface area (TPSA) is 67.0 Å². The lowest BCUT2D eigenvalue weighted by molar-refractivity contribution is 0.0522. The van der Waals surface area contributed by atoms with Crippen molar-refractivity contribution in [2.45, 2.75) is 46.8 Å². The number of rotatable bonds is 2. The molecule has 16 heavy (non-hydrogen) atoms. The summed E-state index contributed by atoms with van der Waals surface area (Å²) in [5, 5.41) is 2.64. The van der Waals surface area contributed by atoms with Gasteiger partial charge in [0.1, 0.15) is 11.4 Å². The highest BCUT2D eigenvalue weighted by molar-refractivity contribution is 5.67. The van der Waals surface area contributed by atoms with Crippen molar-refractivity contribution >= 4 is 6.09 Å². The third-order valence-corrected chi connectivity index (χ3v) is 1.98. The maximum absolute atomic E-state index is 11.3. The standard InChI is InChI=1S/C11H19N3O2/c1-7-8(2)14-9(13-7)6-12-10(15)16-11(3,4)5/h6H2,1-5H3,(H,12,15)(H,13,14). The third kappa shape index (κ3) is 3.92. The van der Waals surface area contributed by atoms with Gasteiger partial charge in [-0.2, -0.15) is 0 Å². The Labute approximate surface area is 95.6 Å². The van der Waals surface area contributed by atoms with Gasteiger partial charge in [-0.3, -0.25) is 0 Å². The van der Waals surface area contributed by atoms with Gasteiger partial charge in [0.2, 0.25) is 0 Å². The maximum atomic E-state index is 11.3. The van der Waals surface area contributed by atoms with E-state index in [9.17, 15) is 4.79 Å². The first-order valence-corrected chi connectivity index (χ1v) is 5.27. The molecule has 1 aromatic heterocycles. The number of aromatic amines is 1. The molecule has 0 unspecified atom stereocenters. The number of ether oxygens (including phenoxy) is 1. The van der Waals surface area contributed by atoms with Crippen LogP contribution in [-0.2, 0) is 11.3 Å². The Hall–Kier alpha value is -1.52. The molecule has 0 saturated carbocycles. The van der Waals surface area contributed by atoms with Crippen molar-refractivity contribution < 1.29 is 9.53 Å². The summed E-state index contributed by atoms with van der Waals surface area (Å²) >= 11 is 0. The Balaban J connectivity index is 2.43. The summed E-state index contributed by atoms with van der Waals surface area (Å²) in [4.78, 5) is 18.7. The Morgan fingerprint density at radius 1 is 1.44 bits per heavy atom. The first-order valence-electron chi connectivity index (χ1n) is 5.27. The van der Waals surface area contributed by atoms with Crippen molar-refractivity contribution in [3.8, 4) is 0 Å². The zero-order valence-electron chi connectivity index (χ0n) is 10.5. The van der Waals surface area contributed by atoms with Gasteiger partial charge < -0.3 is 15.0 Å². The van der Waals surface area contributed by atoms with Crippen molar-refractivity contribution in [3.63, 3.8) is 0 Å². The van der Waals surface area contributed by atoms with E-state index in [4.69, 9.17) is 4.74 Å². The van der Waals surface area contributed by atoms with Crippen LogP contribution in [0.2, 0.25) is 0 Å². The summed E-state index contributed by atoms with van der Waals surface area (Å²) in [6, 6.07) is 0. The van der Waals surface area contributed by atoms with E-state index >= 15 is 0 Å². The van der Waals surface area contributed by atoms with Crippen LogP contribution in [0.1, 0.15) is 38.0 Å². The number of amides is 1. The van der Waals surface area contributed by atoms with Gasteiger partial charge in [0, 0.05) is 5.69 Å². The second-order valence-electron chi connectivity index (χ2n) is 4.75. The van der Waals surface area contributed by atoms with Gasteiger partial charge in [0.25, 0.3) is 0 Å². The molecule has 0 atom stereocenters. The Morgan fingerprint density at radius 2 is 2.06 bits per heavy atom. The lowest BCUT2D eigenvalue weighted by atomic mass is 10.2. The quantitative estimate of drug-likeness (QED) is 0.809. The number of hydrogen-bond donors (Lipinski definition) is 2. The predicted molar refractivity (Wildman–Crippen MR) is 61.1 cm³/mol. The Kier molecular flexibility index (Phi) is 3.57. The van der Waals surface area contributed by atoms with Crippen LogP contribution in [0.3, 0.4) is 0 Å². The molecule has 0 saturated heterocycles. The van der Waals surface area contributed by atoms with Crippen LogP contribution >= 0.6 is 0 Å². The molecule has 5 nitrogen and oxygen atoms in total. The van der Waals surface area contributed by atoms with Crippen LogP contribution in [0.25, 0.3) is 0 Å². The highest BCUT2D eigenvalue weighted by Gasteiger charge is 2.16. The number of H-pyrrole nitrogens is 1. The number of aryl methyl sites for hydroxylation is 2. The molecule has 2 N–H and O–H groups in total. The average Bonchev–Trinajstić information content (AvgIpc) is 2.40. The van der Waals surface area contributed by atoms with Crippen LogP contribution in [0.5, 0.6) is 0 Å². The summed E-state index contributed by atoms with van der Waals surface area (Å²) in [5.41, 5.74) is 1.49. The lowest BCUT2D eigenvalue weighted by Gasteiger charge is -2.19. The monoisotopic (exact) mass is 225 g/mol. The molecule has 5 heteroatoms. The molecule has 0 aliphatic rings. The lowest BCUT2D eigenvalue weighted by Crippen LogP contribution is -2.32. The summed E-state index contributed by atoms with van der Waals surface area (Å²) in [7, 11) is 0. The minimum absolute atomic E-state index is 0.351. The van der Waals surface area contributed by atoms with Gasteiger partial charge in [-0.25, -0.2) is 9.78 Å². The second kappa shape index (κ2) is 4.55. The number of hydrogen-bond acceptors (Lipinski definition) is 3. The van der Waals surface area contributed by atoms with Crippen molar-refractivity contribution in [3.05, 3.63) is 17.2 Å². The molecule has 0 aromatic carbocycles. The summed E-state index contributed by atoms with van der Waals surface area (Å²) in [6.07, 6.45) is -0.431. The number of aromatic nitrogens is 2. The largest absolute Gasteiger partial charge is 0.444 e. The zero-order valence-corrected chi connectivity index (χ0v) is 10.5. The molecule has 0 fully saturated rings. The molecule has 1 rings (SSSR count). The van der Waals surface area contributed by atoms with Crippen LogP contribution in [-0.4, -0.2) is 21.7 Å². The fourth-order valence-corrected chi connectivity index (χ4v) is 1.17. The molecule has 0 aliphatic heterocycles. The van der Waals surface area contributed by atoms with Gasteiger partial charge in [-0.1, -0.05) is 0 Å². The molecule has 90 valence electrons. The molecule has 1 aromatic rings. The van der Waals surface area contributed by atoms with Crippen molar-refractivity contribution in [1.82, 2.24) is 15.3 Å². The third-order valence-electron chi connectivity index (χ3n) is 1.98. The van der Waals surface area contributed by atoms with E-state index in [1.165, 1.54) is 0 Å². The van der Waals surface area contributed by atoms with E-state index in [-0.39, 0.29) is 0 Å². The molecular weight excluding hydrogens is 206 g/mol. The van der Waals surface area contributed by atoms with Crippen LogP contribution in [0.15, 0.2) is 0 Å². The Morgan fingerprint density at radius 3 is 2.50 bits per heavy atom. The van der Waals surface area contributed by atoms with Crippen molar-refractivity contribution in [2.24, 2.45) is 0 Å². The number of alkyl carbamates (subject to hydrolysis) is 1. The number of nitrogens with one attached hydrogen (secondary N) is 2. The highest BCUT2D eigenvalue weighted by atomic mass is 16.6. The van der Waals surface area contributed by atoms with E-state index < -0.39 is 11.7 Å². The smallest absolute Gasteiger partial charge is 0.408 e. The van der Waals surface area contributed by atoms with Crippen LogP contribution in [0, 0.1) is 13.8 Å².